The van der Waals surface area contributed by atoms with Gasteiger partial charge in [-0.25, -0.2) is 4.39 Å². The minimum atomic E-state index is -2.06. The molecule has 3 fully saturated rings. The molecule has 3 saturated carbocycles. The van der Waals surface area contributed by atoms with Crippen LogP contribution in [0.4, 0.5) is 4.39 Å². The molecule has 1 N–H and O–H groups in total. The van der Waals surface area contributed by atoms with Gasteiger partial charge in [-0.3, -0.25) is 19.2 Å². The summed E-state index contributed by atoms with van der Waals surface area (Å²) in [6.07, 6.45) is 6.47. The van der Waals surface area contributed by atoms with Gasteiger partial charge < -0.3 is 14.6 Å². The fraction of sp³-hybridized carbons (Fsp3) is 0.742. The van der Waals surface area contributed by atoms with Crippen LogP contribution in [0.2, 0.25) is 0 Å². The number of carbonyl (C=O) groups excluding carboxylic acids is 4. The van der Waals surface area contributed by atoms with E-state index >= 15 is 4.39 Å². The molecule has 216 valence electrons. The zero-order chi connectivity index (χ0) is 28.8. The van der Waals surface area contributed by atoms with Crippen LogP contribution in [-0.2, 0) is 28.7 Å². The Labute approximate surface area is 230 Å². The number of carbonyl (C=O) groups is 4. The number of ether oxygens (including phenoxy) is 2. The highest BCUT2D eigenvalue weighted by Crippen LogP contribution is 2.71. The topological polar surface area (TPSA) is 107 Å². The minimum Gasteiger partial charge on any atom is -0.457 e. The molecule has 0 unspecified atom stereocenters. The predicted octanol–water partition coefficient (Wildman–Crippen LogP) is 4.99. The van der Waals surface area contributed by atoms with Gasteiger partial charge in [-0.15, -0.1) is 0 Å². The highest BCUT2D eigenvalue weighted by molar-refractivity contribution is 6.01. The number of aliphatic hydroxyl groups excluding tert-OH is 1. The standard InChI is InChI=1S/C31H43FO7/c1-6-8-10-27(37)39-31(25(35)18-38-26(36)9-7-2)19(3)15-23-22-12-11-20-16-21(33)13-14-28(20,4)30(22,32)24(34)17-29(23,31)5/h13-14,16,19,22-24,34H,6-12,15,17-18H2,1-5H3/t19-,22+,23+,24+,28+,29+,30+,31+/m1/s1. The Morgan fingerprint density at radius 2 is 1.82 bits per heavy atom. The summed E-state index contributed by atoms with van der Waals surface area (Å²) in [5, 5.41) is 11.7. The SMILES string of the molecule is CCCCC(=O)O[C@]1(C(=O)COC(=O)CCC)[C@H](C)C[C@H]2[C@@H]3CCC4=CC(=O)C=C[C@]4(C)[C@@]3(F)[C@@H](O)C[C@@]21C. The van der Waals surface area contributed by atoms with Crippen LogP contribution in [0, 0.1) is 28.6 Å². The summed E-state index contributed by atoms with van der Waals surface area (Å²) in [7, 11) is 0. The number of aliphatic hydroxyl groups is 1. The maximum atomic E-state index is 17.5. The van der Waals surface area contributed by atoms with Crippen molar-refractivity contribution in [2.24, 2.45) is 28.6 Å². The van der Waals surface area contributed by atoms with E-state index in [1.807, 2.05) is 27.7 Å². The summed E-state index contributed by atoms with van der Waals surface area (Å²) in [6.45, 7) is 8.66. The number of allylic oxidation sites excluding steroid dienone is 4. The zero-order valence-electron chi connectivity index (χ0n) is 23.9. The van der Waals surface area contributed by atoms with Crippen LogP contribution in [0.3, 0.4) is 0 Å². The van der Waals surface area contributed by atoms with Gasteiger partial charge in [-0.1, -0.05) is 45.8 Å². The summed E-state index contributed by atoms with van der Waals surface area (Å²) in [6, 6.07) is 0. The number of halogens is 1. The lowest BCUT2D eigenvalue weighted by atomic mass is 9.44. The highest BCUT2D eigenvalue weighted by atomic mass is 19.1. The Bertz CT molecular complexity index is 1100. The second-order valence-corrected chi connectivity index (χ2v) is 12.5. The van der Waals surface area contributed by atoms with Crippen LogP contribution in [-0.4, -0.2) is 52.6 Å². The van der Waals surface area contributed by atoms with Crippen molar-refractivity contribution >= 4 is 23.5 Å². The third-order valence-electron chi connectivity index (χ3n) is 10.4. The Hall–Kier alpha value is -2.35. The Morgan fingerprint density at radius 1 is 1.10 bits per heavy atom. The van der Waals surface area contributed by atoms with E-state index in [4.69, 9.17) is 9.47 Å². The van der Waals surface area contributed by atoms with Crippen molar-refractivity contribution in [1.82, 2.24) is 0 Å². The Kier molecular flexibility index (Phi) is 8.03. The molecule has 0 bridgehead atoms. The maximum Gasteiger partial charge on any atom is 0.306 e. The second kappa shape index (κ2) is 10.6. The number of esters is 2. The van der Waals surface area contributed by atoms with Crippen LogP contribution < -0.4 is 0 Å². The first-order valence-electron chi connectivity index (χ1n) is 14.5. The summed E-state index contributed by atoms with van der Waals surface area (Å²) in [4.78, 5) is 51.4. The van der Waals surface area contributed by atoms with Crippen LogP contribution in [0.5, 0.6) is 0 Å². The molecule has 0 aromatic rings. The summed E-state index contributed by atoms with van der Waals surface area (Å²) in [5.41, 5.74) is -5.27. The van der Waals surface area contributed by atoms with Crippen molar-refractivity contribution in [1.29, 1.82) is 0 Å². The smallest absolute Gasteiger partial charge is 0.306 e. The largest absolute Gasteiger partial charge is 0.457 e. The van der Waals surface area contributed by atoms with E-state index in [9.17, 15) is 24.3 Å². The molecule has 7 nitrogen and oxygen atoms in total. The molecule has 0 aromatic heterocycles. The van der Waals surface area contributed by atoms with Crippen LogP contribution in [0.25, 0.3) is 0 Å². The molecule has 0 heterocycles. The first-order chi connectivity index (χ1) is 18.3. The lowest BCUT2D eigenvalue weighted by molar-refractivity contribution is -0.228. The third-order valence-corrected chi connectivity index (χ3v) is 10.4. The molecule has 0 radical (unpaired) electrons. The van der Waals surface area contributed by atoms with E-state index in [1.165, 1.54) is 12.2 Å². The van der Waals surface area contributed by atoms with E-state index in [0.717, 1.165) is 6.42 Å². The van der Waals surface area contributed by atoms with Gasteiger partial charge in [0.15, 0.2) is 23.7 Å². The minimum absolute atomic E-state index is 0.102. The number of hydrogen-bond acceptors (Lipinski definition) is 7. The van der Waals surface area contributed by atoms with Gasteiger partial charge in [0.05, 0.1) is 6.10 Å². The predicted molar refractivity (Wildman–Crippen MR) is 142 cm³/mol. The monoisotopic (exact) mass is 546 g/mol. The maximum absolute atomic E-state index is 17.5. The Balaban J connectivity index is 1.76. The molecule has 0 amide bonds. The van der Waals surface area contributed by atoms with Crippen molar-refractivity contribution in [3.05, 3.63) is 23.8 Å². The highest BCUT2D eigenvalue weighted by Gasteiger charge is 2.77. The first-order valence-corrected chi connectivity index (χ1v) is 14.5. The van der Waals surface area contributed by atoms with Gasteiger partial charge in [0, 0.05) is 35.5 Å². The molecule has 39 heavy (non-hydrogen) atoms. The molecule has 0 aromatic carbocycles. The molecule has 8 atom stereocenters. The molecule has 4 aliphatic rings. The molecular weight excluding hydrogens is 503 g/mol. The van der Waals surface area contributed by atoms with Crippen LogP contribution in [0.15, 0.2) is 23.8 Å². The molecular formula is C31H43FO7. The molecule has 0 saturated heterocycles. The first kappa shape index (κ1) is 29.6. The number of unbranched alkanes of at least 4 members (excludes halogenated alkanes) is 1. The lowest BCUT2D eigenvalue weighted by Crippen LogP contribution is -2.70. The number of rotatable bonds is 9. The van der Waals surface area contributed by atoms with Gasteiger partial charge >= 0.3 is 11.9 Å². The van der Waals surface area contributed by atoms with E-state index < -0.39 is 64.4 Å². The number of ketones is 2. The zero-order valence-corrected chi connectivity index (χ0v) is 23.9. The normalized spacial score (nSPS) is 40.7. The van der Waals surface area contributed by atoms with Gasteiger partial charge in [0.2, 0.25) is 5.78 Å². The van der Waals surface area contributed by atoms with Gasteiger partial charge in [0.1, 0.15) is 0 Å². The lowest BCUT2D eigenvalue weighted by Gasteiger charge is -2.62. The number of Topliss-reactive ketones (excluding diaryl/α,β-unsaturated/α-hetero) is 1. The fourth-order valence-corrected chi connectivity index (χ4v) is 8.48. The number of fused-ring (bicyclic) bond motifs is 5. The molecule has 8 heteroatoms. The molecule has 4 rings (SSSR count). The van der Waals surface area contributed by atoms with Crippen molar-refractivity contribution in [2.45, 2.75) is 110 Å². The van der Waals surface area contributed by atoms with Crippen molar-refractivity contribution in [3.8, 4) is 0 Å². The average Bonchev–Trinajstić information content (AvgIpc) is 3.09. The van der Waals surface area contributed by atoms with Gasteiger partial charge in [0.25, 0.3) is 0 Å². The summed E-state index contributed by atoms with van der Waals surface area (Å²) >= 11 is 0. The Morgan fingerprint density at radius 3 is 2.49 bits per heavy atom. The molecule has 4 aliphatic carbocycles. The van der Waals surface area contributed by atoms with E-state index in [-0.39, 0.29) is 31.0 Å². The molecule has 0 spiro atoms. The van der Waals surface area contributed by atoms with Crippen molar-refractivity contribution in [2.75, 3.05) is 6.61 Å². The van der Waals surface area contributed by atoms with Crippen molar-refractivity contribution < 1.29 is 38.1 Å². The van der Waals surface area contributed by atoms with Crippen LogP contribution >= 0.6 is 0 Å². The number of alkyl halides is 1. The van der Waals surface area contributed by atoms with Crippen molar-refractivity contribution in [3.63, 3.8) is 0 Å². The fourth-order valence-electron chi connectivity index (χ4n) is 8.48. The van der Waals surface area contributed by atoms with Gasteiger partial charge in [-0.2, -0.15) is 0 Å². The summed E-state index contributed by atoms with van der Waals surface area (Å²) in [5.74, 6) is -3.19. The van der Waals surface area contributed by atoms with Crippen LogP contribution in [0.1, 0.15) is 92.4 Å². The number of hydrogen-bond donors (Lipinski definition) is 1. The second-order valence-electron chi connectivity index (χ2n) is 12.5. The average molecular weight is 547 g/mol. The van der Waals surface area contributed by atoms with E-state index in [1.54, 1.807) is 13.0 Å². The summed E-state index contributed by atoms with van der Waals surface area (Å²) < 4.78 is 29.0. The molecule has 0 aliphatic heterocycles. The van der Waals surface area contributed by atoms with E-state index in [2.05, 4.69) is 0 Å². The van der Waals surface area contributed by atoms with Gasteiger partial charge in [-0.05, 0) is 63.5 Å². The third kappa shape index (κ3) is 4.32. The quantitative estimate of drug-likeness (QED) is 0.406. The van der Waals surface area contributed by atoms with E-state index in [0.29, 0.717) is 37.7 Å².